The lowest BCUT2D eigenvalue weighted by Gasteiger charge is -2.58. The highest BCUT2D eigenvalue weighted by molar-refractivity contribution is 6.74. The molecule has 0 bridgehead atoms. The summed E-state index contributed by atoms with van der Waals surface area (Å²) < 4.78 is 32.4. The van der Waals surface area contributed by atoms with Gasteiger partial charge >= 0.3 is 0 Å². The summed E-state index contributed by atoms with van der Waals surface area (Å²) in [6.45, 7) is 33.7. The quantitative estimate of drug-likeness (QED) is 0.0364. The normalized spacial score (nSPS) is 29.8. The average molecular weight is 981 g/mol. The van der Waals surface area contributed by atoms with Crippen LogP contribution in [0.15, 0.2) is 36.0 Å². The molecule has 3 saturated carbocycles. The Bertz CT molecular complexity index is 1500. The van der Waals surface area contributed by atoms with E-state index in [4.69, 9.17) is 23.4 Å². The second kappa shape index (κ2) is 29.9. The Kier molecular flexibility index (Phi) is 25.6. The van der Waals surface area contributed by atoms with Crippen molar-refractivity contribution in [1.29, 1.82) is 0 Å². The summed E-state index contributed by atoms with van der Waals surface area (Å²) in [5.41, 5.74) is 2.65. The molecule has 6 nitrogen and oxygen atoms in total. The summed E-state index contributed by atoms with van der Waals surface area (Å²) in [4.78, 5) is 2.55. The smallest absolute Gasteiger partial charge is 0.192 e. The zero-order valence-electron chi connectivity index (χ0n) is 47.4. The SMILES string of the molecule is CCCCC/C=C\C/C=C\CCCCCCCCOCC(CN1CCC(O[Si](C)(C)C(C)(C)C)C1)OCCOCCO[C@H]1CC[C@@]2(C)C(=CC[C@H]3[C@@H]4CC[C@H]([C@H](C)CCCC(C)C)[C@@]4(C)CC[C@@H]32)C1. The predicted molar refractivity (Wildman–Crippen MR) is 297 cm³/mol. The van der Waals surface area contributed by atoms with E-state index >= 15 is 0 Å². The van der Waals surface area contributed by atoms with Crippen molar-refractivity contribution in [1.82, 2.24) is 4.90 Å². The molecule has 4 fully saturated rings. The lowest BCUT2D eigenvalue weighted by atomic mass is 9.47. The van der Waals surface area contributed by atoms with Crippen LogP contribution in [-0.2, 0) is 23.4 Å². The molecule has 0 aromatic heterocycles. The minimum absolute atomic E-state index is 0.0390. The van der Waals surface area contributed by atoms with Gasteiger partial charge in [0.1, 0.15) is 0 Å². The molecule has 7 heteroatoms. The van der Waals surface area contributed by atoms with E-state index in [1.165, 1.54) is 128 Å². The number of hydrogen-bond acceptors (Lipinski definition) is 6. The molecule has 0 spiro atoms. The average Bonchev–Trinajstić information content (AvgIpc) is 3.90. The standard InChI is InChI=1S/C62H113NO5Si/c1-12-13-14-15-16-17-18-19-20-21-22-23-24-25-26-27-41-65-49-55(48-63-40-37-54(47-63)68-69(10,11)60(5,6)7)67-45-43-64-42-44-66-53-35-38-61(8)52(46-53)31-32-56-58-34-33-57(51(4)30-28-29-50(2)3)62(58,9)39-36-59(56)61/h16-17,19-20,31,50-51,53-59H,12-15,18,21-30,32-49H2,1-11H3/b17-16-,20-19-/t51-,53+,54?,55?,56+,57-,58+,59+,61+,62-/m1/s1. The molecule has 1 aliphatic heterocycles. The molecule has 0 amide bonds. The van der Waals surface area contributed by atoms with Gasteiger partial charge in [0.05, 0.1) is 51.3 Å². The number of hydrogen-bond donors (Lipinski definition) is 0. The van der Waals surface area contributed by atoms with Crippen molar-refractivity contribution in [2.24, 2.45) is 46.3 Å². The van der Waals surface area contributed by atoms with Crippen LogP contribution in [0, 0.1) is 46.3 Å². The maximum absolute atomic E-state index is 6.83. The summed E-state index contributed by atoms with van der Waals surface area (Å²) in [6, 6.07) is 0. The number of unbranched alkanes of at least 4 members (excludes halogenated alkanes) is 9. The van der Waals surface area contributed by atoms with Crippen molar-refractivity contribution in [3.8, 4) is 0 Å². The van der Waals surface area contributed by atoms with Crippen LogP contribution in [0.1, 0.15) is 216 Å². The molecule has 2 unspecified atom stereocenters. The van der Waals surface area contributed by atoms with Crippen LogP contribution in [0.3, 0.4) is 0 Å². The van der Waals surface area contributed by atoms with E-state index in [1.807, 2.05) is 0 Å². The van der Waals surface area contributed by atoms with E-state index in [0.29, 0.717) is 56.1 Å². The van der Waals surface area contributed by atoms with E-state index < -0.39 is 8.32 Å². The molecule has 0 radical (unpaired) electrons. The van der Waals surface area contributed by atoms with Gasteiger partial charge in [-0.25, -0.2) is 0 Å². The largest absolute Gasteiger partial charge is 0.413 e. The summed E-state index contributed by atoms with van der Waals surface area (Å²) in [6.07, 6.45) is 44.1. The highest BCUT2D eigenvalue weighted by Gasteiger charge is 2.59. The Labute approximate surface area is 429 Å². The van der Waals surface area contributed by atoms with E-state index in [9.17, 15) is 0 Å². The number of ether oxygens (including phenoxy) is 4. The molecule has 5 rings (SSSR count). The summed E-state index contributed by atoms with van der Waals surface area (Å²) in [5, 5.41) is 0.227. The fourth-order valence-electron chi connectivity index (χ4n) is 13.9. The molecule has 1 saturated heterocycles. The Hall–Kier alpha value is -0.803. The number of nitrogens with zero attached hydrogens (tertiary/aromatic N) is 1. The lowest BCUT2D eigenvalue weighted by Crippen LogP contribution is -2.51. The van der Waals surface area contributed by atoms with Crippen LogP contribution in [0.4, 0.5) is 0 Å². The molecule has 1 heterocycles. The van der Waals surface area contributed by atoms with Gasteiger partial charge in [-0.2, -0.15) is 0 Å². The van der Waals surface area contributed by atoms with Gasteiger partial charge in [0.2, 0.25) is 0 Å². The fourth-order valence-corrected chi connectivity index (χ4v) is 15.3. The van der Waals surface area contributed by atoms with Crippen LogP contribution in [-0.4, -0.2) is 90.8 Å². The van der Waals surface area contributed by atoms with Gasteiger partial charge in [-0.1, -0.05) is 156 Å². The van der Waals surface area contributed by atoms with Crippen LogP contribution >= 0.6 is 0 Å². The summed E-state index contributed by atoms with van der Waals surface area (Å²) in [5.74, 6) is 5.32. The molecule has 10 atom stereocenters. The Morgan fingerprint density at radius 2 is 1.46 bits per heavy atom. The number of fused-ring (bicyclic) bond motifs is 5. The predicted octanol–water partition coefficient (Wildman–Crippen LogP) is 16.7. The monoisotopic (exact) mass is 980 g/mol. The summed E-state index contributed by atoms with van der Waals surface area (Å²) >= 11 is 0. The molecule has 0 aromatic carbocycles. The first-order chi connectivity index (χ1) is 33.1. The molecule has 4 aliphatic carbocycles. The molecular weight excluding hydrogens is 867 g/mol. The Balaban J connectivity index is 0.970. The van der Waals surface area contributed by atoms with Gasteiger partial charge in [-0.15, -0.1) is 0 Å². The first-order valence-corrected chi connectivity index (χ1v) is 32.8. The van der Waals surface area contributed by atoms with Gasteiger partial charge in [0, 0.05) is 26.2 Å². The van der Waals surface area contributed by atoms with E-state index in [0.717, 1.165) is 87.4 Å². The Morgan fingerprint density at radius 1 is 0.739 bits per heavy atom. The van der Waals surface area contributed by atoms with Gasteiger partial charge in [0.25, 0.3) is 0 Å². The molecule has 400 valence electrons. The molecule has 5 aliphatic rings. The second-order valence-corrected chi connectivity index (χ2v) is 30.6. The lowest BCUT2D eigenvalue weighted by molar-refractivity contribution is -0.0732. The maximum atomic E-state index is 6.83. The van der Waals surface area contributed by atoms with Crippen LogP contribution < -0.4 is 0 Å². The number of rotatable bonds is 34. The molecule has 0 aromatic rings. The van der Waals surface area contributed by atoms with Crippen molar-refractivity contribution < 1.29 is 23.4 Å². The topological polar surface area (TPSA) is 49.4 Å². The fraction of sp³-hybridized carbons (Fsp3) is 0.903. The zero-order chi connectivity index (χ0) is 49.8. The second-order valence-electron chi connectivity index (χ2n) is 25.8. The van der Waals surface area contributed by atoms with Crippen LogP contribution in [0.25, 0.3) is 0 Å². The molecule has 69 heavy (non-hydrogen) atoms. The van der Waals surface area contributed by atoms with Gasteiger partial charge in [-0.3, -0.25) is 4.90 Å². The summed E-state index contributed by atoms with van der Waals surface area (Å²) in [7, 11) is -1.80. The van der Waals surface area contributed by atoms with E-state index in [2.05, 4.69) is 111 Å². The van der Waals surface area contributed by atoms with Crippen molar-refractivity contribution in [2.45, 2.75) is 253 Å². The van der Waals surface area contributed by atoms with Crippen molar-refractivity contribution >= 4 is 8.32 Å². The van der Waals surface area contributed by atoms with Crippen molar-refractivity contribution in [3.05, 3.63) is 36.0 Å². The number of likely N-dealkylation sites (tertiary alicyclic amines) is 1. The van der Waals surface area contributed by atoms with Gasteiger partial charge in [0.15, 0.2) is 8.32 Å². The van der Waals surface area contributed by atoms with E-state index in [-0.39, 0.29) is 11.1 Å². The first-order valence-electron chi connectivity index (χ1n) is 29.9. The third kappa shape index (κ3) is 18.5. The van der Waals surface area contributed by atoms with Gasteiger partial charge in [-0.05, 0) is 161 Å². The first kappa shape index (κ1) is 59.1. The molecule has 0 N–H and O–H groups in total. The minimum atomic E-state index is -1.80. The third-order valence-corrected chi connectivity index (χ3v) is 23.7. The van der Waals surface area contributed by atoms with E-state index in [1.54, 1.807) is 5.57 Å². The minimum Gasteiger partial charge on any atom is -0.413 e. The van der Waals surface area contributed by atoms with Crippen molar-refractivity contribution in [3.63, 3.8) is 0 Å². The van der Waals surface area contributed by atoms with Crippen LogP contribution in [0.2, 0.25) is 18.1 Å². The maximum Gasteiger partial charge on any atom is 0.192 e. The Morgan fingerprint density at radius 3 is 2.20 bits per heavy atom. The highest BCUT2D eigenvalue weighted by atomic mass is 28.4. The number of allylic oxidation sites excluding steroid dienone is 5. The molecular formula is C62H113NO5Si. The highest BCUT2D eigenvalue weighted by Crippen LogP contribution is 2.67. The zero-order valence-corrected chi connectivity index (χ0v) is 48.4. The van der Waals surface area contributed by atoms with Gasteiger partial charge < -0.3 is 23.4 Å². The van der Waals surface area contributed by atoms with Crippen molar-refractivity contribution in [2.75, 3.05) is 59.3 Å². The van der Waals surface area contributed by atoms with Crippen LogP contribution in [0.5, 0.6) is 0 Å². The third-order valence-electron chi connectivity index (χ3n) is 19.2.